The number of ketones is 1. The van der Waals surface area contributed by atoms with E-state index in [1.54, 1.807) is 55.7 Å². The number of hydrogen-bond donors (Lipinski definition) is 1. The average molecular weight is 509 g/mol. The van der Waals surface area contributed by atoms with Crippen molar-refractivity contribution in [3.8, 4) is 17.2 Å². The van der Waals surface area contributed by atoms with Gasteiger partial charge < -0.3 is 29.0 Å². The highest BCUT2D eigenvalue weighted by molar-refractivity contribution is 6.46. The Morgan fingerprint density at radius 1 is 1.05 bits per heavy atom. The van der Waals surface area contributed by atoms with Crippen molar-refractivity contribution < 1.29 is 33.6 Å². The Hall–Kier alpha value is -3.82. The molecule has 1 amide bonds. The third kappa shape index (κ3) is 5.63. The fourth-order valence-electron chi connectivity index (χ4n) is 4.57. The summed E-state index contributed by atoms with van der Waals surface area (Å²) in [4.78, 5) is 30.3. The molecule has 2 aromatic rings. The van der Waals surface area contributed by atoms with Crippen molar-refractivity contribution in [1.29, 1.82) is 0 Å². The number of likely N-dealkylation sites (tertiary alicyclic amines) is 1. The summed E-state index contributed by atoms with van der Waals surface area (Å²) in [5.41, 5.74) is 0.988. The molecule has 0 unspecified atom stereocenters. The number of amides is 1. The van der Waals surface area contributed by atoms with Crippen LogP contribution >= 0.6 is 0 Å². The first-order chi connectivity index (χ1) is 18.0. The lowest BCUT2D eigenvalue weighted by Gasteiger charge is -2.31. The van der Waals surface area contributed by atoms with Crippen LogP contribution in [0.25, 0.3) is 5.76 Å². The minimum Gasteiger partial charge on any atom is -0.507 e. The van der Waals surface area contributed by atoms with Gasteiger partial charge in [0.1, 0.15) is 29.6 Å². The van der Waals surface area contributed by atoms with Crippen molar-refractivity contribution in [3.05, 3.63) is 71.8 Å². The molecule has 0 aliphatic carbocycles. The van der Waals surface area contributed by atoms with E-state index in [1.807, 2.05) is 0 Å². The van der Waals surface area contributed by atoms with E-state index in [0.29, 0.717) is 61.3 Å². The van der Waals surface area contributed by atoms with Crippen LogP contribution in [0.15, 0.2) is 60.7 Å². The minimum absolute atomic E-state index is 0.00945. The molecule has 2 saturated heterocycles. The van der Waals surface area contributed by atoms with Gasteiger partial charge in [0.25, 0.3) is 11.7 Å². The number of morpholine rings is 1. The summed E-state index contributed by atoms with van der Waals surface area (Å²) in [5.74, 6) is -0.0539. The molecular formula is C28H32N2O7. The highest BCUT2D eigenvalue weighted by Gasteiger charge is 2.47. The fraction of sp³-hybridized carbons (Fsp3) is 0.357. The van der Waals surface area contributed by atoms with Crippen LogP contribution in [-0.4, -0.2) is 86.8 Å². The second kappa shape index (κ2) is 11.9. The van der Waals surface area contributed by atoms with Gasteiger partial charge in [-0.25, -0.2) is 0 Å². The van der Waals surface area contributed by atoms with Crippen LogP contribution < -0.4 is 14.2 Å². The van der Waals surface area contributed by atoms with Crippen LogP contribution in [0.5, 0.6) is 17.2 Å². The van der Waals surface area contributed by atoms with Gasteiger partial charge in [0.15, 0.2) is 0 Å². The van der Waals surface area contributed by atoms with Crippen LogP contribution in [0, 0.1) is 0 Å². The maximum atomic E-state index is 13.4. The predicted molar refractivity (Wildman–Crippen MR) is 138 cm³/mol. The average Bonchev–Trinajstić information content (AvgIpc) is 3.19. The highest BCUT2D eigenvalue weighted by Crippen LogP contribution is 2.43. The predicted octanol–water partition coefficient (Wildman–Crippen LogP) is 3.02. The summed E-state index contributed by atoms with van der Waals surface area (Å²) < 4.78 is 21.9. The molecule has 0 aromatic heterocycles. The van der Waals surface area contributed by atoms with Crippen molar-refractivity contribution in [1.82, 2.24) is 9.80 Å². The lowest BCUT2D eigenvalue weighted by Crippen LogP contribution is -2.42. The molecule has 37 heavy (non-hydrogen) atoms. The number of rotatable bonds is 10. The summed E-state index contributed by atoms with van der Waals surface area (Å²) in [7, 11) is 3.06. The molecule has 1 N–H and O–H groups in total. The van der Waals surface area contributed by atoms with Crippen LogP contribution in [0.3, 0.4) is 0 Å². The van der Waals surface area contributed by atoms with E-state index in [-0.39, 0.29) is 11.3 Å². The Balaban J connectivity index is 1.75. The molecular weight excluding hydrogens is 476 g/mol. The molecule has 2 fully saturated rings. The van der Waals surface area contributed by atoms with Gasteiger partial charge in [-0.3, -0.25) is 14.5 Å². The number of methoxy groups -OCH3 is 2. The maximum absolute atomic E-state index is 13.4. The normalized spacial score (nSPS) is 19.6. The lowest BCUT2D eigenvalue weighted by molar-refractivity contribution is -0.140. The summed E-state index contributed by atoms with van der Waals surface area (Å²) in [6, 6.07) is 11.0. The van der Waals surface area contributed by atoms with Gasteiger partial charge in [-0.2, -0.15) is 0 Å². The number of benzene rings is 2. The number of nitrogens with zero attached hydrogens (tertiary/aromatic N) is 2. The van der Waals surface area contributed by atoms with E-state index in [0.717, 1.165) is 13.1 Å². The van der Waals surface area contributed by atoms with E-state index >= 15 is 0 Å². The van der Waals surface area contributed by atoms with Crippen molar-refractivity contribution in [2.75, 3.05) is 60.2 Å². The van der Waals surface area contributed by atoms with Gasteiger partial charge in [0.2, 0.25) is 0 Å². The molecule has 0 bridgehead atoms. The first-order valence-electron chi connectivity index (χ1n) is 12.1. The molecule has 4 rings (SSSR count). The second-order valence-electron chi connectivity index (χ2n) is 8.68. The Kier molecular flexibility index (Phi) is 8.47. The Bertz CT molecular complexity index is 1170. The number of carbonyl (C=O) groups excluding carboxylic acids is 2. The molecule has 0 spiro atoms. The summed E-state index contributed by atoms with van der Waals surface area (Å²) >= 11 is 0. The zero-order valence-electron chi connectivity index (χ0n) is 21.1. The lowest BCUT2D eigenvalue weighted by atomic mass is 9.94. The van der Waals surface area contributed by atoms with Gasteiger partial charge in [0.05, 0.1) is 39.0 Å². The van der Waals surface area contributed by atoms with Crippen molar-refractivity contribution in [2.24, 2.45) is 0 Å². The number of hydrogen-bond acceptors (Lipinski definition) is 8. The van der Waals surface area contributed by atoms with Crippen molar-refractivity contribution in [3.63, 3.8) is 0 Å². The molecule has 2 aliphatic heterocycles. The van der Waals surface area contributed by atoms with Gasteiger partial charge >= 0.3 is 0 Å². The SMILES string of the molecule is C=CCOc1ccc(C(O)=C2C(=O)C(=O)N(CCN3CCOCC3)[C@H]2c2ccc(OC)cc2OC)cc1. The molecule has 0 radical (unpaired) electrons. The molecule has 2 aliphatic rings. The quantitative estimate of drug-likeness (QED) is 0.226. The molecule has 2 heterocycles. The first-order valence-corrected chi connectivity index (χ1v) is 12.1. The smallest absolute Gasteiger partial charge is 0.295 e. The second-order valence-corrected chi connectivity index (χ2v) is 8.68. The van der Waals surface area contributed by atoms with Crippen LogP contribution in [0.1, 0.15) is 17.2 Å². The van der Waals surface area contributed by atoms with Gasteiger partial charge in [0, 0.05) is 43.4 Å². The topological polar surface area (TPSA) is 97.8 Å². The summed E-state index contributed by atoms with van der Waals surface area (Å²) in [5, 5.41) is 11.3. The number of ether oxygens (including phenoxy) is 4. The molecule has 0 saturated carbocycles. The molecule has 9 heteroatoms. The number of carbonyl (C=O) groups is 2. The Morgan fingerprint density at radius 2 is 1.76 bits per heavy atom. The third-order valence-corrected chi connectivity index (χ3v) is 6.53. The van der Waals surface area contributed by atoms with Crippen molar-refractivity contribution >= 4 is 17.4 Å². The first kappa shape index (κ1) is 26.2. The zero-order valence-corrected chi connectivity index (χ0v) is 21.1. The Morgan fingerprint density at radius 3 is 2.41 bits per heavy atom. The number of Topliss-reactive ketones (excluding diaryl/α,β-unsaturated/α-hetero) is 1. The fourth-order valence-corrected chi connectivity index (χ4v) is 4.57. The maximum Gasteiger partial charge on any atom is 0.295 e. The Labute approximate surface area is 216 Å². The standard InChI is InChI=1S/C28H32N2O7/c1-4-15-37-20-7-5-19(6-8-20)26(31)24-25(22-10-9-21(34-2)18-23(22)35-3)30(28(33)27(24)32)12-11-29-13-16-36-17-14-29/h4-10,18,25,31H,1,11-17H2,2-3H3/t25-/m0/s1. The highest BCUT2D eigenvalue weighted by atomic mass is 16.5. The van der Waals surface area contributed by atoms with Crippen LogP contribution in [0.4, 0.5) is 0 Å². The van der Waals surface area contributed by atoms with E-state index in [2.05, 4.69) is 11.5 Å². The van der Waals surface area contributed by atoms with E-state index in [1.165, 1.54) is 12.0 Å². The third-order valence-electron chi connectivity index (χ3n) is 6.53. The summed E-state index contributed by atoms with van der Waals surface area (Å²) in [6.07, 6.45) is 1.63. The van der Waals surface area contributed by atoms with Gasteiger partial charge in [-0.05, 0) is 36.4 Å². The molecule has 9 nitrogen and oxygen atoms in total. The minimum atomic E-state index is -0.835. The molecule has 1 atom stereocenters. The van der Waals surface area contributed by atoms with Gasteiger partial charge in [-0.1, -0.05) is 12.7 Å². The monoisotopic (exact) mass is 508 g/mol. The van der Waals surface area contributed by atoms with Crippen molar-refractivity contribution in [2.45, 2.75) is 6.04 Å². The number of aliphatic hydroxyl groups excluding tert-OH is 1. The van der Waals surface area contributed by atoms with E-state index in [9.17, 15) is 14.7 Å². The van der Waals surface area contributed by atoms with Crippen LogP contribution in [-0.2, 0) is 14.3 Å². The molecule has 2 aromatic carbocycles. The van der Waals surface area contributed by atoms with E-state index in [4.69, 9.17) is 18.9 Å². The largest absolute Gasteiger partial charge is 0.507 e. The van der Waals surface area contributed by atoms with Crippen LogP contribution in [0.2, 0.25) is 0 Å². The van der Waals surface area contributed by atoms with Gasteiger partial charge in [-0.15, -0.1) is 0 Å². The zero-order chi connectivity index (χ0) is 26.4. The summed E-state index contributed by atoms with van der Waals surface area (Å²) in [6.45, 7) is 7.60. The molecule has 196 valence electrons. The van der Waals surface area contributed by atoms with E-state index < -0.39 is 17.7 Å². The number of aliphatic hydroxyl groups is 1.